The fourth-order valence-electron chi connectivity index (χ4n) is 5.66. The van der Waals surface area contributed by atoms with Crippen molar-refractivity contribution in [2.45, 2.75) is 154 Å². The SMILES string of the molecule is CCCCCCCCCCCCC/C=C/C(O)C(O)NC(=O)CCCCC(=O)OP(=O)(O)CC1OC(n2cc(C)c(=O)[nH]c2=O)CC1N=[N+]=N. The van der Waals surface area contributed by atoms with Gasteiger partial charge in [-0.1, -0.05) is 83.3 Å². The fraction of sp³-hybridized carbons (Fsp3) is 0.758. The molecule has 0 bridgehead atoms. The molecule has 1 aliphatic heterocycles. The lowest BCUT2D eigenvalue weighted by Gasteiger charge is -2.18. The molecule has 1 aliphatic rings. The number of amides is 1. The number of aryl methyl sites for hydroxylation is 1. The number of carbonyl (C=O) groups is 2. The van der Waals surface area contributed by atoms with Gasteiger partial charge in [-0.2, -0.15) is 0 Å². The van der Waals surface area contributed by atoms with Crippen molar-refractivity contribution in [1.82, 2.24) is 19.8 Å². The molecule has 16 nitrogen and oxygen atoms in total. The summed E-state index contributed by atoms with van der Waals surface area (Å²) in [6.45, 7) is 3.71. The third kappa shape index (κ3) is 16.6. The van der Waals surface area contributed by atoms with Crippen LogP contribution >= 0.6 is 7.60 Å². The first kappa shape index (κ1) is 42.9. The molecule has 50 heavy (non-hydrogen) atoms. The normalized spacial score (nSPS) is 19.8. The maximum atomic E-state index is 12.8. The summed E-state index contributed by atoms with van der Waals surface area (Å²) in [5.74, 6) is -1.51. The summed E-state index contributed by atoms with van der Waals surface area (Å²) in [6, 6.07) is -0.895. The Kier molecular flexibility index (Phi) is 20.0. The molecular weight excluding hydrogens is 671 g/mol. The molecule has 6 unspecified atom stereocenters. The van der Waals surface area contributed by atoms with E-state index in [1.807, 2.05) is 0 Å². The van der Waals surface area contributed by atoms with Crippen molar-refractivity contribution < 1.29 is 38.5 Å². The van der Waals surface area contributed by atoms with Crippen LogP contribution in [-0.4, -0.2) is 67.2 Å². The second-order valence-corrected chi connectivity index (χ2v) is 14.7. The van der Waals surface area contributed by atoms with Crippen molar-refractivity contribution in [3.05, 3.63) is 44.8 Å². The molecule has 0 aromatic carbocycles. The number of nitrogens with one attached hydrogen (secondary N) is 3. The van der Waals surface area contributed by atoms with E-state index >= 15 is 0 Å². The Bertz CT molecular complexity index is 1440. The number of carbonyl (C=O) groups excluding carboxylic acids is 2. The third-order valence-electron chi connectivity index (χ3n) is 8.50. The first-order valence-electron chi connectivity index (χ1n) is 17.8. The van der Waals surface area contributed by atoms with Crippen molar-refractivity contribution in [2.75, 3.05) is 6.16 Å². The van der Waals surface area contributed by atoms with Crippen LogP contribution in [0.3, 0.4) is 0 Å². The minimum atomic E-state index is -4.56. The highest BCUT2D eigenvalue weighted by molar-refractivity contribution is 7.53. The van der Waals surface area contributed by atoms with Crippen molar-refractivity contribution in [3.8, 4) is 0 Å². The van der Waals surface area contributed by atoms with Gasteiger partial charge in [0.2, 0.25) is 10.8 Å². The van der Waals surface area contributed by atoms with Gasteiger partial charge in [0, 0.05) is 31.0 Å². The van der Waals surface area contributed by atoms with Crippen LogP contribution in [-0.2, 0) is 23.4 Å². The molecule has 2 heterocycles. The fourth-order valence-corrected chi connectivity index (χ4v) is 6.93. The molecule has 6 atom stereocenters. The lowest BCUT2D eigenvalue weighted by Crippen LogP contribution is -2.42. The number of ether oxygens (including phenoxy) is 1. The zero-order chi connectivity index (χ0) is 36.9. The monoisotopic (exact) mass is 727 g/mol. The van der Waals surface area contributed by atoms with E-state index in [4.69, 9.17) is 14.8 Å². The lowest BCUT2D eigenvalue weighted by atomic mass is 10.1. The van der Waals surface area contributed by atoms with Crippen molar-refractivity contribution >= 4 is 19.5 Å². The highest BCUT2D eigenvalue weighted by Crippen LogP contribution is 2.46. The molecule has 0 aliphatic carbocycles. The van der Waals surface area contributed by atoms with Crippen LogP contribution in [0.2, 0.25) is 0 Å². The van der Waals surface area contributed by atoms with E-state index in [-0.39, 0.29) is 37.7 Å². The topological polar surface area (TPSA) is 248 Å². The number of allylic oxidation sites excluding steroid dienone is 1. The Labute approximate surface area is 292 Å². The van der Waals surface area contributed by atoms with Gasteiger partial charge in [-0.05, 0) is 32.6 Å². The van der Waals surface area contributed by atoms with Crippen LogP contribution in [0.15, 0.2) is 33.1 Å². The smallest absolute Gasteiger partial charge is 0.381 e. The summed E-state index contributed by atoms with van der Waals surface area (Å²) in [4.78, 5) is 63.9. The number of aliphatic hydroxyl groups is 2. The molecule has 1 amide bonds. The maximum Gasteiger partial charge on any atom is 0.381 e. The number of rotatable bonds is 25. The third-order valence-corrected chi connectivity index (χ3v) is 9.81. The Balaban J connectivity index is 1.63. The van der Waals surface area contributed by atoms with Gasteiger partial charge in [-0.25, -0.2) is 9.36 Å². The van der Waals surface area contributed by atoms with E-state index in [9.17, 15) is 38.8 Å². The van der Waals surface area contributed by atoms with E-state index in [0.717, 1.165) is 23.8 Å². The molecule has 0 saturated carbocycles. The molecule has 282 valence electrons. The van der Waals surface area contributed by atoms with Crippen molar-refractivity contribution in [3.63, 3.8) is 0 Å². The van der Waals surface area contributed by atoms with Crippen LogP contribution in [0.4, 0.5) is 0 Å². The predicted molar refractivity (Wildman–Crippen MR) is 185 cm³/mol. The Morgan fingerprint density at radius 3 is 2.36 bits per heavy atom. The number of aliphatic hydroxyl groups excluding tert-OH is 2. The zero-order valence-corrected chi connectivity index (χ0v) is 30.2. The van der Waals surface area contributed by atoms with E-state index in [1.54, 1.807) is 6.08 Å². The average Bonchev–Trinajstić information content (AvgIpc) is 3.43. The maximum absolute atomic E-state index is 12.8. The number of nitrogens with zero attached hydrogens (tertiary/aromatic N) is 3. The summed E-state index contributed by atoms with van der Waals surface area (Å²) in [5.41, 5.74) is 5.96. The standard InChI is InChI=1S/C33H55N6O10P/c1-3-4-5-6-7-8-9-10-11-12-13-14-15-18-26(40)32(44)35-28(41)19-16-17-20-30(42)49-50(46,47)23-27-25(37-38-34)21-29(48-27)39-22-24(2)31(43)36-33(39)45/h15,18,22,25-27,29,32,34,40,44H,3-14,16-17,19-21,23H2,1-2H3,(H2-,35,36,41,43,45,46,47)/p+1/b18-15+. The van der Waals surface area contributed by atoms with Crippen LogP contribution in [0.1, 0.15) is 128 Å². The van der Waals surface area contributed by atoms with Crippen molar-refractivity contribution in [1.29, 1.82) is 5.53 Å². The number of H-pyrrole nitrogens is 1. The largest absolute Gasteiger partial charge is 0.392 e. The van der Waals surface area contributed by atoms with E-state index in [2.05, 4.69) is 27.3 Å². The molecule has 1 saturated heterocycles. The summed E-state index contributed by atoms with van der Waals surface area (Å²) >= 11 is 0. The molecule has 1 aromatic rings. The van der Waals surface area contributed by atoms with Crippen LogP contribution in [0.25, 0.3) is 0 Å². The van der Waals surface area contributed by atoms with Gasteiger partial charge in [-0.3, -0.25) is 23.9 Å². The summed E-state index contributed by atoms with van der Waals surface area (Å²) in [5, 5.41) is 26.2. The van der Waals surface area contributed by atoms with Gasteiger partial charge in [0.05, 0.1) is 6.16 Å². The van der Waals surface area contributed by atoms with E-state index < -0.39 is 67.6 Å². The number of unbranched alkanes of at least 4 members (excludes halogenated alkanes) is 12. The summed E-state index contributed by atoms with van der Waals surface area (Å²) < 4.78 is 24.4. The molecule has 17 heteroatoms. The quantitative estimate of drug-likeness (QED) is 0.0207. The van der Waals surface area contributed by atoms with Crippen molar-refractivity contribution in [2.24, 2.45) is 5.11 Å². The summed E-state index contributed by atoms with van der Waals surface area (Å²) in [6.07, 6.45) is 13.5. The first-order valence-corrected chi connectivity index (χ1v) is 19.5. The predicted octanol–water partition coefficient (Wildman–Crippen LogP) is 4.39. The van der Waals surface area contributed by atoms with Gasteiger partial charge in [0.25, 0.3) is 5.56 Å². The Morgan fingerprint density at radius 2 is 1.72 bits per heavy atom. The molecule has 1 fully saturated rings. The highest BCUT2D eigenvalue weighted by atomic mass is 31.2. The lowest BCUT2D eigenvalue weighted by molar-refractivity contribution is -0.135. The Hall–Kier alpha value is -3.26. The molecule has 2 rings (SSSR count). The molecule has 1 aromatic heterocycles. The number of aromatic nitrogens is 2. The molecule has 6 N–H and O–H groups in total. The zero-order valence-electron chi connectivity index (χ0n) is 29.3. The first-order chi connectivity index (χ1) is 23.9. The number of hydrogen-bond donors (Lipinski definition) is 6. The van der Waals surface area contributed by atoms with E-state index in [0.29, 0.717) is 0 Å². The molecule has 0 spiro atoms. The van der Waals surface area contributed by atoms with Gasteiger partial charge in [-0.15, -0.1) is 0 Å². The Morgan fingerprint density at radius 1 is 1.10 bits per heavy atom. The number of aromatic amines is 1. The van der Waals surface area contributed by atoms with Gasteiger partial charge >= 0.3 is 19.3 Å². The second-order valence-electron chi connectivity index (χ2n) is 12.9. The average molecular weight is 728 g/mol. The number of hydrogen-bond acceptors (Lipinski definition) is 11. The minimum absolute atomic E-state index is 0.00982. The van der Waals surface area contributed by atoms with E-state index in [1.165, 1.54) is 77.0 Å². The van der Waals surface area contributed by atoms with Crippen LogP contribution in [0.5, 0.6) is 0 Å². The van der Waals surface area contributed by atoms with Crippen LogP contribution < -0.4 is 21.5 Å². The molecular formula is C33H56N6O10P+. The second kappa shape index (κ2) is 23.3. The highest BCUT2D eigenvalue weighted by Gasteiger charge is 2.44. The van der Waals surface area contributed by atoms with Gasteiger partial charge in [0.15, 0.2) is 12.3 Å². The minimum Gasteiger partial charge on any atom is -0.392 e. The van der Waals surface area contributed by atoms with Gasteiger partial charge in [0.1, 0.15) is 29.1 Å². The molecule has 0 radical (unpaired) electrons. The van der Waals surface area contributed by atoms with Crippen LogP contribution in [0, 0.1) is 12.5 Å². The van der Waals surface area contributed by atoms with Gasteiger partial charge < -0.3 is 29.7 Å². The summed E-state index contributed by atoms with van der Waals surface area (Å²) in [7, 11) is -4.56.